The predicted molar refractivity (Wildman–Crippen MR) is 85.5 cm³/mol. The minimum absolute atomic E-state index is 0.114. The Morgan fingerprint density at radius 1 is 0.622 bits per heavy atom. The third-order valence-electron chi connectivity index (χ3n) is 4.62. The Hall–Kier alpha value is -2.70. The van der Waals surface area contributed by atoms with Crippen LogP contribution in [0.15, 0.2) is 24.3 Å². The van der Waals surface area contributed by atoms with Gasteiger partial charge >= 0.3 is 47.6 Å². The van der Waals surface area contributed by atoms with E-state index in [1.165, 1.54) is 0 Å². The van der Waals surface area contributed by atoms with Crippen molar-refractivity contribution in [3.8, 4) is 5.75 Å². The Kier molecular flexibility index (Phi) is 8.08. The lowest BCUT2D eigenvalue weighted by molar-refractivity contribution is -0.459. The van der Waals surface area contributed by atoms with Gasteiger partial charge in [0.25, 0.3) is 5.91 Å². The Bertz CT molecular complexity index is 969. The number of halogens is 17. The fourth-order valence-corrected chi connectivity index (χ4v) is 2.34. The van der Waals surface area contributed by atoms with Crippen molar-refractivity contribution < 1.29 is 84.2 Å². The molecule has 1 N–H and O–H groups in total. The number of alkyl halides is 17. The van der Waals surface area contributed by atoms with Gasteiger partial charge in [0.15, 0.2) is 0 Å². The lowest BCUT2D eigenvalue weighted by Gasteiger charge is -2.42. The summed E-state index contributed by atoms with van der Waals surface area (Å²) < 4.78 is 229. The maximum absolute atomic E-state index is 13.8. The highest BCUT2D eigenvalue weighted by Gasteiger charge is 2.95. The van der Waals surface area contributed by atoms with E-state index >= 15 is 0 Å². The molecule has 20 heteroatoms. The van der Waals surface area contributed by atoms with Crippen LogP contribution in [0, 0.1) is 0 Å². The van der Waals surface area contributed by atoms with Crippen molar-refractivity contribution in [2.75, 3.05) is 7.11 Å². The molecular weight excluding hydrogens is 573 g/mol. The van der Waals surface area contributed by atoms with Crippen molar-refractivity contribution in [1.29, 1.82) is 0 Å². The zero-order chi connectivity index (χ0) is 29.7. The molecule has 0 bridgehead atoms. The second kappa shape index (κ2) is 9.25. The summed E-state index contributed by atoms with van der Waals surface area (Å²) >= 11 is 0. The van der Waals surface area contributed by atoms with E-state index in [0.29, 0.717) is 0 Å². The third kappa shape index (κ3) is 4.70. The lowest BCUT2D eigenvalue weighted by Crippen LogP contribution is -2.75. The molecule has 1 rings (SSSR count). The first kappa shape index (κ1) is 32.3. The van der Waals surface area contributed by atoms with Gasteiger partial charge in [0.1, 0.15) is 5.75 Å². The molecule has 0 atom stereocenters. The molecule has 0 aliphatic carbocycles. The minimum Gasteiger partial charge on any atom is -0.497 e. The average Bonchev–Trinajstić information content (AvgIpc) is 2.75. The van der Waals surface area contributed by atoms with Crippen LogP contribution in [0.5, 0.6) is 5.75 Å². The molecule has 214 valence electrons. The van der Waals surface area contributed by atoms with Gasteiger partial charge in [0, 0.05) is 6.54 Å². The van der Waals surface area contributed by atoms with Crippen LogP contribution < -0.4 is 10.1 Å². The predicted octanol–water partition coefficient (Wildman–Crippen LogP) is 6.32. The van der Waals surface area contributed by atoms with Gasteiger partial charge in [-0.25, -0.2) is 0 Å². The van der Waals surface area contributed by atoms with E-state index in [4.69, 9.17) is 0 Å². The van der Waals surface area contributed by atoms with E-state index in [0.717, 1.165) is 36.7 Å². The largest absolute Gasteiger partial charge is 0.497 e. The molecule has 0 fully saturated rings. The third-order valence-corrected chi connectivity index (χ3v) is 4.62. The Morgan fingerprint density at radius 3 is 1.32 bits per heavy atom. The van der Waals surface area contributed by atoms with Crippen LogP contribution in [0.4, 0.5) is 74.6 Å². The normalized spacial score (nSPS) is 15.0. The van der Waals surface area contributed by atoms with Gasteiger partial charge in [-0.3, -0.25) is 4.79 Å². The maximum Gasteiger partial charge on any atom is 0.460 e. The van der Waals surface area contributed by atoms with Crippen LogP contribution >= 0.6 is 0 Å². The highest BCUT2D eigenvalue weighted by Crippen LogP contribution is 2.63. The molecule has 0 spiro atoms. The van der Waals surface area contributed by atoms with Crippen LogP contribution in [0.2, 0.25) is 0 Å². The summed E-state index contributed by atoms with van der Waals surface area (Å²) in [6.45, 7) is -1.23. The number of hydrogen-bond donors (Lipinski definition) is 1. The summed E-state index contributed by atoms with van der Waals surface area (Å²) in [5, 5.41) is 0.827. The second-order valence-corrected chi connectivity index (χ2v) is 7.05. The number of carbonyl (C=O) groups excluding carboxylic acids is 1. The summed E-state index contributed by atoms with van der Waals surface area (Å²) in [7, 11) is 1.15. The molecule has 1 aromatic rings. The number of carbonyl (C=O) groups is 1. The molecule has 1 amide bonds. The summed E-state index contributed by atoms with van der Waals surface area (Å²) in [6, 6.07) is 4.09. The van der Waals surface area contributed by atoms with E-state index in [-0.39, 0.29) is 11.3 Å². The molecule has 0 saturated carbocycles. The molecular formula is C17H10F17NO2. The Balaban J connectivity index is 3.42. The number of methoxy groups -OCH3 is 1. The molecule has 0 aliphatic rings. The number of hydrogen-bond acceptors (Lipinski definition) is 2. The van der Waals surface area contributed by atoms with E-state index in [9.17, 15) is 79.4 Å². The fraction of sp³-hybridized carbons (Fsp3) is 0.588. The standard InChI is InChI=1S/C17H10F17NO2/c1-37-8-4-2-7(3-5-8)6-35-9(36)10(18,19)11(20,21)12(22,23)13(24,25)14(26,27)15(28,29)16(30,31)17(32,33)34/h2-5H,6H2,1H3,(H,35,36). The summed E-state index contributed by atoms with van der Waals surface area (Å²) in [6.07, 6.45) is -7.83. The van der Waals surface area contributed by atoms with Crippen molar-refractivity contribution in [3.63, 3.8) is 0 Å². The van der Waals surface area contributed by atoms with E-state index in [2.05, 4.69) is 4.74 Å². The average molecular weight is 583 g/mol. The monoisotopic (exact) mass is 583 g/mol. The van der Waals surface area contributed by atoms with Crippen LogP contribution in [0.3, 0.4) is 0 Å². The smallest absolute Gasteiger partial charge is 0.460 e. The molecule has 37 heavy (non-hydrogen) atoms. The first-order chi connectivity index (χ1) is 16.2. The molecule has 0 aliphatic heterocycles. The number of amides is 1. The second-order valence-electron chi connectivity index (χ2n) is 7.05. The summed E-state index contributed by atoms with van der Waals surface area (Å²) in [5.74, 6) is -61.5. The summed E-state index contributed by atoms with van der Waals surface area (Å²) in [5.41, 5.74) is -0.258. The number of nitrogens with one attached hydrogen (secondary N) is 1. The van der Waals surface area contributed by atoms with E-state index in [1.807, 2.05) is 0 Å². The van der Waals surface area contributed by atoms with Crippen molar-refractivity contribution in [3.05, 3.63) is 29.8 Å². The maximum atomic E-state index is 13.8. The quantitative estimate of drug-likeness (QED) is 0.328. The van der Waals surface area contributed by atoms with Crippen LogP contribution in [0.1, 0.15) is 5.56 Å². The molecule has 0 saturated heterocycles. The SMILES string of the molecule is COc1ccc(CNC(=O)C(F)(F)C(F)(F)C(F)(F)C(F)(F)C(F)(F)C(F)(F)C(F)(F)C(F)(F)F)cc1. The highest BCUT2D eigenvalue weighted by molar-refractivity contribution is 5.84. The Labute approximate surface area is 193 Å². The first-order valence-corrected chi connectivity index (χ1v) is 8.81. The number of benzene rings is 1. The molecule has 0 aromatic heterocycles. The zero-order valence-electron chi connectivity index (χ0n) is 17.3. The van der Waals surface area contributed by atoms with Gasteiger partial charge in [-0.15, -0.1) is 0 Å². The molecule has 3 nitrogen and oxygen atoms in total. The molecule has 1 aromatic carbocycles. The topological polar surface area (TPSA) is 38.3 Å². The Morgan fingerprint density at radius 2 is 0.973 bits per heavy atom. The van der Waals surface area contributed by atoms with Crippen molar-refractivity contribution >= 4 is 5.91 Å². The van der Waals surface area contributed by atoms with Crippen molar-refractivity contribution in [2.24, 2.45) is 0 Å². The van der Waals surface area contributed by atoms with Crippen LogP contribution in [-0.2, 0) is 11.3 Å². The fourth-order valence-electron chi connectivity index (χ4n) is 2.34. The van der Waals surface area contributed by atoms with E-state index < -0.39 is 60.1 Å². The van der Waals surface area contributed by atoms with Crippen molar-refractivity contribution in [2.45, 2.75) is 54.2 Å². The van der Waals surface area contributed by atoms with Crippen LogP contribution in [-0.4, -0.2) is 60.7 Å². The molecule has 0 heterocycles. The van der Waals surface area contributed by atoms with Gasteiger partial charge in [0.2, 0.25) is 0 Å². The zero-order valence-corrected chi connectivity index (χ0v) is 17.3. The van der Waals surface area contributed by atoms with Gasteiger partial charge in [0.05, 0.1) is 7.11 Å². The summed E-state index contributed by atoms with van der Waals surface area (Å²) in [4.78, 5) is 11.4. The lowest BCUT2D eigenvalue weighted by atomic mass is 9.89. The van der Waals surface area contributed by atoms with E-state index in [1.54, 1.807) is 0 Å². The molecule has 0 radical (unpaired) electrons. The number of rotatable bonds is 10. The molecule has 0 unspecified atom stereocenters. The van der Waals surface area contributed by atoms with Gasteiger partial charge < -0.3 is 10.1 Å². The first-order valence-electron chi connectivity index (χ1n) is 8.81. The highest BCUT2D eigenvalue weighted by atomic mass is 19.4. The van der Waals surface area contributed by atoms with Crippen LogP contribution in [0.25, 0.3) is 0 Å². The number of ether oxygens (including phenoxy) is 1. The minimum atomic E-state index is -8.75. The van der Waals surface area contributed by atoms with Gasteiger partial charge in [-0.2, -0.15) is 74.6 Å². The van der Waals surface area contributed by atoms with Gasteiger partial charge in [-0.05, 0) is 17.7 Å². The van der Waals surface area contributed by atoms with Crippen molar-refractivity contribution in [1.82, 2.24) is 5.32 Å². The van der Waals surface area contributed by atoms with Gasteiger partial charge in [-0.1, -0.05) is 12.1 Å².